The van der Waals surface area contributed by atoms with Gasteiger partial charge in [-0.2, -0.15) is 0 Å². The van der Waals surface area contributed by atoms with Crippen molar-refractivity contribution in [3.63, 3.8) is 0 Å². The smallest absolute Gasteiger partial charge is 0.175 e. The first-order chi connectivity index (χ1) is 8.04. The average Bonchev–Trinajstić information content (AvgIpc) is 2.28. The lowest BCUT2D eigenvalue weighted by Gasteiger charge is -2.04. The van der Waals surface area contributed by atoms with Crippen molar-refractivity contribution in [3.8, 4) is 0 Å². The number of nitrogens with two attached hydrogens (primary N) is 1. The number of nitrogens with one attached hydrogen (secondary N) is 1. The van der Waals surface area contributed by atoms with Gasteiger partial charge in [0.25, 0.3) is 0 Å². The van der Waals surface area contributed by atoms with Gasteiger partial charge in [0.15, 0.2) is 9.84 Å². The van der Waals surface area contributed by atoms with Crippen LogP contribution in [0.4, 0.5) is 0 Å². The summed E-state index contributed by atoms with van der Waals surface area (Å²) in [6.45, 7) is 2.43. The van der Waals surface area contributed by atoms with Gasteiger partial charge < -0.3 is 11.1 Å². The quantitative estimate of drug-likeness (QED) is 0.700. The Morgan fingerprint density at radius 3 is 2.35 bits per heavy atom. The fourth-order valence-corrected chi connectivity index (χ4v) is 2.18. The summed E-state index contributed by atoms with van der Waals surface area (Å²) in [5.41, 5.74) is 6.52. The fraction of sp³-hybridized carbons (Fsp3) is 0.500. The van der Waals surface area contributed by atoms with Gasteiger partial charge in [-0.3, -0.25) is 0 Å². The van der Waals surface area contributed by atoms with Crippen LogP contribution in [0.25, 0.3) is 0 Å². The highest BCUT2D eigenvalue weighted by atomic mass is 32.2. The summed E-state index contributed by atoms with van der Waals surface area (Å²) in [5.74, 6) is 0. The van der Waals surface area contributed by atoms with Crippen molar-refractivity contribution in [2.24, 2.45) is 5.73 Å². The molecule has 0 aromatic heterocycles. The van der Waals surface area contributed by atoms with E-state index in [1.807, 2.05) is 12.1 Å². The number of sulfone groups is 1. The van der Waals surface area contributed by atoms with Gasteiger partial charge in [-0.15, -0.1) is 0 Å². The maximum Gasteiger partial charge on any atom is 0.175 e. The number of benzene rings is 1. The second-order valence-corrected chi connectivity index (χ2v) is 6.07. The van der Waals surface area contributed by atoms with Crippen molar-refractivity contribution in [3.05, 3.63) is 29.8 Å². The van der Waals surface area contributed by atoms with E-state index in [1.165, 1.54) is 6.26 Å². The molecule has 0 fully saturated rings. The van der Waals surface area contributed by atoms with Crippen LogP contribution in [0, 0.1) is 0 Å². The van der Waals surface area contributed by atoms with E-state index in [2.05, 4.69) is 5.32 Å². The third-order valence-electron chi connectivity index (χ3n) is 2.49. The Kier molecular flexibility index (Phi) is 5.61. The molecule has 96 valence electrons. The Balaban J connectivity index is 2.41. The molecule has 4 nitrogen and oxygen atoms in total. The second kappa shape index (κ2) is 6.74. The topological polar surface area (TPSA) is 72.2 Å². The molecular weight excluding hydrogens is 236 g/mol. The largest absolute Gasteiger partial charge is 0.329 e. The third kappa shape index (κ3) is 5.30. The maximum absolute atomic E-state index is 11.3. The van der Waals surface area contributed by atoms with Crippen molar-refractivity contribution < 1.29 is 8.42 Å². The zero-order chi connectivity index (χ0) is 12.7. The van der Waals surface area contributed by atoms with Crippen LogP contribution in [-0.4, -0.2) is 34.3 Å². The van der Waals surface area contributed by atoms with Crippen LogP contribution >= 0.6 is 0 Å². The number of aryl methyl sites for hydroxylation is 1. The minimum atomic E-state index is -3.08. The van der Waals surface area contributed by atoms with Crippen LogP contribution in [0.5, 0.6) is 0 Å². The van der Waals surface area contributed by atoms with E-state index in [-0.39, 0.29) is 0 Å². The Morgan fingerprint density at radius 2 is 1.82 bits per heavy atom. The van der Waals surface area contributed by atoms with Crippen molar-refractivity contribution in [2.45, 2.75) is 17.7 Å². The van der Waals surface area contributed by atoms with Crippen molar-refractivity contribution >= 4 is 9.84 Å². The summed E-state index contributed by atoms with van der Waals surface area (Å²) in [5, 5.41) is 3.22. The first-order valence-corrected chi connectivity index (χ1v) is 7.63. The van der Waals surface area contributed by atoms with Crippen molar-refractivity contribution in [2.75, 3.05) is 25.9 Å². The van der Waals surface area contributed by atoms with Crippen molar-refractivity contribution in [1.82, 2.24) is 5.32 Å². The first kappa shape index (κ1) is 14.2. The third-order valence-corrected chi connectivity index (χ3v) is 3.62. The van der Waals surface area contributed by atoms with Crippen LogP contribution < -0.4 is 11.1 Å². The van der Waals surface area contributed by atoms with Gasteiger partial charge in [-0.05, 0) is 37.1 Å². The lowest BCUT2D eigenvalue weighted by molar-refractivity contribution is 0.602. The normalized spacial score (nSPS) is 11.6. The monoisotopic (exact) mass is 256 g/mol. The molecule has 5 heteroatoms. The Hall–Kier alpha value is -0.910. The molecule has 17 heavy (non-hydrogen) atoms. The number of hydrogen-bond acceptors (Lipinski definition) is 4. The van der Waals surface area contributed by atoms with Crippen LogP contribution in [0.15, 0.2) is 29.2 Å². The van der Waals surface area contributed by atoms with Gasteiger partial charge in [0, 0.05) is 19.3 Å². The SMILES string of the molecule is CS(=O)(=O)c1ccc(CCCNCCN)cc1. The molecule has 0 unspecified atom stereocenters. The van der Waals surface area contributed by atoms with E-state index in [0.29, 0.717) is 11.4 Å². The first-order valence-electron chi connectivity index (χ1n) is 5.74. The van der Waals surface area contributed by atoms with E-state index in [9.17, 15) is 8.42 Å². The molecule has 1 rings (SSSR count). The highest BCUT2D eigenvalue weighted by Crippen LogP contribution is 2.11. The summed E-state index contributed by atoms with van der Waals surface area (Å²) in [6.07, 6.45) is 3.19. The van der Waals surface area contributed by atoms with E-state index in [1.54, 1.807) is 12.1 Å². The molecule has 1 aromatic carbocycles. The number of hydrogen-bond donors (Lipinski definition) is 2. The molecule has 0 bridgehead atoms. The predicted octanol–water partition coefficient (Wildman–Crippen LogP) is 0.571. The van der Waals surface area contributed by atoms with Crippen molar-refractivity contribution in [1.29, 1.82) is 0 Å². The highest BCUT2D eigenvalue weighted by molar-refractivity contribution is 7.90. The highest BCUT2D eigenvalue weighted by Gasteiger charge is 2.05. The lowest BCUT2D eigenvalue weighted by Crippen LogP contribution is -2.23. The minimum absolute atomic E-state index is 0.377. The van der Waals surface area contributed by atoms with Crippen LogP contribution in [-0.2, 0) is 16.3 Å². The van der Waals surface area contributed by atoms with E-state index in [4.69, 9.17) is 5.73 Å². The molecule has 0 saturated carbocycles. The zero-order valence-electron chi connectivity index (χ0n) is 10.1. The summed E-state index contributed by atoms with van der Waals surface area (Å²) >= 11 is 0. The molecular formula is C12H20N2O2S. The Morgan fingerprint density at radius 1 is 1.18 bits per heavy atom. The molecule has 0 saturated heterocycles. The number of rotatable bonds is 7. The minimum Gasteiger partial charge on any atom is -0.329 e. The van der Waals surface area contributed by atoms with E-state index >= 15 is 0 Å². The summed E-state index contributed by atoms with van der Waals surface area (Å²) in [6, 6.07) is 7.08. The maximum atomic E-state index is 11.3. The average molecular weight is 256 g/mol. The molecule has 0 aliphatic carbocycles. The Bertz CT molecular complexity index is 426. The molecule has 0 radical (unpaired) electrons. The lowest BCUT2D eigenvalue weighted by atomic mass is 10.1. The molecule has 0 spiro atoms. The summed E-state index contributed by atoms with van der Waals surface area (Å²) < 4.78 is 22.5. The van der Waals surface area contributed by atoms with Gasteiger partial charge in [0.2, 0.25) is 0 Å². The van der Waals surface area contributed by atoms with Gasteiger partial charge in [-0.1, -0.05) is 12.1 Å². The molecule has 0 aliphatic rings. The second-order valence-electron chi connectivity index (χ2n) is 4.06. The summed E-state index contributed by atoms with van der Waals surface area (Å²) in [4.78, 5) is 0.377. The summed E-state index contributed by atoms with van der Waals surface area (Å²) in [7, 11) is -3.08. The molecule has 0 heterocycles. The molecule has 0 atom stereocenters. The van der Waals surface area contributed by atoms with Crippen LogP contribution in [0.1, 0.15) is 12.0 Å². The van der Waals surface area contributed by atoms with E-state index in [0.717, 1.165) is 31.5 Å². The molecule has 1 aromatic rings. The zero-order valence-corrected chi connectivity index (χ0v) is 11.0. The fourth-order valence-electron chi connectivity index (χ4n) is 1.55. The van der Waals surface area contributed by atoms with Crippen LogP contribution in [0.3, 0.4) is 0 Å². The van der Waals surface area contributed by atoms with Gasteiger partial charge in [0.05, 0.1) is 4.90 Å². The Labute approximate surface area is 103 Å². The molecule has 0 aliphatic heterocycles. The molecule has 0 amide bonds. The standard InChI is InChI=1S/C12H20N2O2S/c1-17(15,16)12-6-4-11(5-7-12)3-2-9-14-10-8-13/h4-7,14H,2-3,8-10,13H2,1H3. The molecule has 3 N–H and O–H groups in total. The van der Waals surface area contributed by atoms with Gasteiger partial charge in [0.1, 0.15) is 0 Å². The van der Waals surface area contributed by atoms with Crippen LogP contribution in [0.2, 0.25) is 0 Å². The van der Waals surface area contributed by atoms with Gasteiger partial charge >= 0.3 is 0 Å². The van der Waals surface area contributed by atoms with Gasteiger partial charge in [-0.25, -0.2) is 8.42 Å². The predicted molar refractivity (Wildman–Crippen MR) is 69.8 cm³/mol. The van der Waals surface area contributed by atoms with E-state index < -0.39 is 9.84 Å².